The molecule has 1 aliphatic carbocycles. The van der Waals surface area contributed by atoms with Crippen LogP contribution in [0.2, 0.25) is 0 Å². The molecule has 1 rings (SSSR count). The lowest BCUT2D eigenvalue weighted by atomic mass is 9.90. The monoisotopic (exact) mass is 200 g/mol. The average molecular weight is 200 g/mol. The molecule has 0 aromatic heterocycles. The quantitative estimate of drug-likeness (QED) is 0.597. The summed E-state index contributed by atoms with van der Waals surface area (Å²) in [5, 5.41) is 0.840. The summed E-state index contributed by atoms with van der Waals surface area (Å²) >= 11 is 5.30. The van der Waals surface area contributed by atoms with Crippen LogP contribution in [0.4, 0.5) is 0 Å². The summed E-state index contributed by atoms with van der Waals surface area (Å²) < 4.78 is 5.71. The predicted molar refractivity (Wildman–Crippen MR) is 60.0 cm³/mol. The molecule has 76 valence electrons. The van der Waals surface area contributed by atoms with Crippen LogP contribution < -0.4 is 0 Å². The van der Waals surface area contributed by atoms with Crippen molar-refractivity contribution in [2.24, 2.45) is 5.92 Å². The summed E-state index contributed by atoms with van der Waals surface area (Å²) in [6.45, 7) is 6.17. The average Bonchev–Trinajstić information content (AvgIpc) is 2.03. The first kappa shape index (κ1) is 11.0. The molecule has 1 saturated carbocycles. The minimum atomic E-state index is -0.117. The first-order valence-corrected chi connectivity index (χ1v) is 5.63. The lowest BCUT2D eigenvalue weighted by molar-refractivity contribution is 0.108. The summed E-state index contributed by atoms with van der Waals surface area (Å²) in [5.41, 5.74) is -0.117. The topological polar surface area (TPSA) is 9.23 Å². The molecule has 0 saturated heterocycles. The van der Waals surface area contributed by atoms with E-state index in [4.69, 9.17) is 17.0 Å². The highest BCUT2D eigenvalue weighted by Crippen LogP contribution is 2.27. The molecule has 13 heavy (non-hydrogen) atoms. The lowest BCUT2D eigenvalue weighted by Crippen LogP contribution is -2.28. The van der Waals surface area contributed by atoms with Gasteiger partial charge in [0.2, 0.25) is 0 Å². The fourth-order valence-corrected chi connectivity index (χ4v) is 2.21. The molecule has 0 bridgehead atoms. The molecular formula is C11H20OS. The maximum Gasteiger partial charge on any atom is 0.163 e. The van der Waals surface area contributed by atoms with E-state index in [2.05, 4.69) is 20.8 Å². The Bertz CT molecular complexity index is 175. The first-order valence-electron chi connectivity index (χ1n) is 5.22. The van der Waals surface area contributed by atoms with Crippen LogP contribution in [0.1, 0.15) is 52.9 Å². The van der Waals surface area contributed by atoms with Crippen LogP contribution in [-0.4, -0.2) is 10.7 Å². The van der Waals surface area contributed by atoms with Crippen molar-refractivity contribution in [2.75, 3.05) is 0 Å². The third kappa shape index (κ3) is 4.08. The first-order chi connectivity index (χ1) is 5.99. The van der Waals surface area contributed by atoms with Crippen LogP contribution in [0.15, 0.2) is 0 Å². The van der Waals surface area contributed by atoms with Gasteiger partial charge in [0, 0.05) is 5.92 Å². The van der Waals surface area contributed by atoms with E-state index in [1.54, 1.807) is 0 Å². The number of thiocarbonyl (C=S) groups is 1. The second-order valence-electron chi connectivity index (χ2n) is 4.87. The van der Waals surface area contributed by atoms with E-state index < -0.39 is 0 Å². The molecule has 0 aromatic rings. The van der Waals surface area contributed by atoms with Gasteiger partial charge >= 0.3 is 0 Å². The normalized spacial score (nSPS) is 19.9. The summed E-state index contributed by atoms with van der Waals surface area (Å²) in [7, 11) is 0. The molecule has 2 heteroatoms. The Morgan fingerprint density at radius 3 is 2.15 bits per heavy atom. The molecular weight excluding hydrogens is 180 g/mol. The Morgan fingerprint density at radius 1 is 1.15 bits per heavy atom. The van der Waals surface area contributed by atoms with Crippen molar-refractivity contribution in [1.29, 1.82) is 0 Å². The van der Waals surface area contributed by atoms with Crippen LogP contribution in [0.25, 0.3) is 0 Å². The minimum Gasteiger partial charge on any atom is -0.481 e. The highest BCUT2D eigenvalue weighted by Gasteiger charge is 2.22. The van der Waals surface area contributed by atoms with Crippen molar-refractivity contribution in [1.82, 2.24) is 0 Å². The molecule has 0 spiro atoms. The van der Waals surface area contributed by atoms with Gasteiger partial charge in [0.1, 0.15) is 5.60 Å². The fraction of sp³-hybridized carbons (Fsp3) is 0.909. The molecule has 0 radical (unpaired) electrons. The van der Waals surface area contributed by atoms with Crippen molar-refractivity contribution in [3.63, 3.8) is 0 Å². The Labute approximate surface area is 86.9 Å². The predicted octanol–water partition coefficient (Wildman–Crippen LogP) is 3.71. The van der Waals surface area contributed by atoms with Crippen LogP contribution in [0.5, 0.6) is 0 Å². The molecule has 1 nitrogen and oxygen atoms in total. The third-order valence-electron chi connectivity index (χ3n) is 2.35. The highest BCUT2D eigenvalue weighted by molar-refractivity contribution is 7.80. The number of ether oxygens (including phenoxy) is 1. The summed E-state index contributed by atoms with van der Waals surface area (Å²) in [6.07, 6.45) is 6.47. The Kier molecular flexibility index (Phi) is 3.72. The van der Waals surface area contributed by atoms with E-state index in [9.17, 15) is 0 Å². The molecule has 0 N–H and O–H groups in total. The molecule has 0 aliphatic heterocycles. The van der Waals surface area contributed by atoms with E-state index in [-0.39, 0.29) is 5.60 Å². The molecule has 0 amide bonds. The van der Waals surface area contributed by atoms with Crippen LogP contribution in [-0.2, 0) is 4.74 Å². The zero-order valence-corrected chi connectivity index (χ0v) is 9.75. The zero-order chi connectivity index (χ0) is 9.90. The molecule has 0 atom stereocenters. The van der Waals surface area contributed by atoms with E-state index >= 15 is 0 Å². The fourth-order valence-electron chi connectivity index (χ4n) is 1.72. The highest BCUT2D eigenvalue weighted by atomic mass is 32.1. The number of hydrogen-bond acceptors (Lipinski definition) is 2. The molecule has 1 aliphatic rings. The van der Waals surface area contributed by atoms with E-state index in [1.807, 2.05) is 0 Å². The standard InChI is InChI=1S/C11H20OS/c1-11(2,3)12-10(13)9-7-5-4-6-8-9/h9H,4-8H2,1-3H3. The molecule has 0 aromatic carbocycles. The van der Waals surface area contributed by atoms with Gasteiger partial charge < -0.3 is 4.74 Å². The van der Waals surface area contributed by atoms with Crippen molar-refractivity contribution in [2.45, 2.75) is 58.5 Å². The van der Waals surface area contributed by atoms with Gasteiger partial charge in [-0.3, -0.25) is 0 Å². The van der Waals surface area contributed by atoms with Crippen LogP contribution >= 0.6 is 12.2 Å². The third-order valence-corrected chi connectivity index (χ3v) is 2.76. The van der Waals surface area contributed by atoms with Gasteiger partial charge in [-0.15, -0.1) is 0 Å². The second-order valence-corrected chi connectivity index (χ2v) is 5.27. The van der Waals surface area contributed by atoms with Crippen LogP contribution in [0.3, 0.4) is 0 Å². The number of hydrogen-bond donors (Lipinski definition) is 0. The number of rotatable bonds is 1. The van der Waals surface area contributed by atoms with Crippen molar-refractivity contribution >= 4 is 17.3 Å². The Morgan fingerprint density at radius 2 is 1.69 bits per heavy atom. The second kappa shape index (κ2) is 4.41. The lowest BCUT2D eigenvalue weighted by Gasteiger charge is -2.28. The van der Waals surface area contributed by atoms with Gasteiger partial charge in [0.25, 0.3) is 0 Å². The Balaban J connectivity index is 2.38. The van der Waals surface area contributed by atoms with Crippen molar-refractivity contribution in [3.05, 3.63) is 0 Å². The molecule has 0 heterocycles. The zero-order valence-electron chi connectivity index (χ0n) is 8.93. The maximum atomic E-state index is 5.71. The Hall–Kier alpha value is -0.110. The summed E-state index contributed by atoms with van der Waals surface area (Å²) in [5.74, 6) is 0.544. The van der Waals surface area contributed by atoms with Gasteiger partial charge in [-0.1, -0.05) is 19.3 Å². The van der Waals surface area contributed by atoms with Gasteiger partial charge in [-0.25, -0.2) is 0 Å². The van der Waals surface area contributed by atoms with Crippen molar-refractivity contribution < 1.29 is 4.74 Å². The van der Waals surface area contributed by atoms with Gasteiger partial charge in [-0.05, 0) is 45.8 Å². The van der Waals surface area contributed by atoms with Crippen LogP contribution in [0, 0.1) is 5.92 Å². The van der Waals surface area contributed by atoms with Gasteiger partial charge in [-0.2, -0.15) is 0 Å². The van der Waals surface area contributed by atoms with E-state index in [1.165, 1.54) is 32.1 Å². The van der Waals surface area contributed by atoms with Gasteiger partial charge in [0.15, 0.2) is 5.05 Å². The van der Waals surface area contributed by atoms with E-state index in [0.717, 1.165) is 5.05 Å². The van der Waals surface area contributed by atoms with E-state index in [0.29, 0.717) is 5.92 Å². The largest absolute Gasteiger partial charge is 0.481 e. The van der Waals surface area contributed by atoms with Crippen molar-refractivity contribution in [3.8, 4) is 0 Å². The molecule has 1 fully saturated rings. The molecule has 0 unspecified atom stereocenters. The van der Waals surface area contributed by atoms with Gasteiger partial charge in [0.05, 0.1) is 0 Å². The summed E-state index contributed by atoms with van der Waals surface area (Å²) in [4.78, 5) is 0. The minimum absolute atomic E-state index is 0.117. The smallest absolute Gasteiger partial charge is 0.163 e. The maximum absolute atomic E-state index is 5.71. The summed E-state index contributed by atoms with van der Waals surface area (Å²) in [6, 6.07) is 0. The SMILES string of the molecule is CC(C)(C)OC(=S)C1CCCCC1.